The van der Waals surface area contributed by atoms with E-state index in [4.69, 9.17) is 0 Å². The lowest BCUT2D eigenvalue weighted by molar-refractivity contribution is 0.188. The van der Waals surface area contributed by atoms with Gasteiger partial charge in [-0.05, 0) is 33.3 Å². The zero-order chi connectivity index (χ0) is 16.3. The topological polar surface area (TPSA) is 66.5 Å². The van der Waals surface area contributed by atoms with Gasteiger partial charge in [-0.3, -0.25) is 0 Å². The molecule has 2 aliphatic heterocycles. The molecule has 2 fully saturated rings. The van der Waals surface area contributed by atoms with E-state index in [9.17, 15) is 13.2 Å². The molecule has 0 aromatic heterocycles. The molecule has 5 nitrogen and oxygen atoms in total. The van der Waals surface area contributed by atoms with E-state index in [-0.39, 0.29) is 18.1 Å². The van der Waals surface area contributed by atoms with Crippen molar-refractivity contribution >= 4 is 15.9 Å². The van der Waals surface area contributed by atoms with Crippen LogP contribution in [-0.4, -0.2) is 40.9 Å². The third-order valence-corrected chi connectivity index (χ3v) is 8.50. The molecule has 2 aliphatic rings. The fourth-order valence-electron chi connectivity index (χ4n) is 3.89. The third kappa shape index (κ3) is 1.76. The molecule has 0 bridgehead atoms. The Bertz CT molecular complexity index is 710. The predicted molar refractivity (Wildman–Crippen MR) is 85.2 cm³/mol. The Morgan fingerprint density at radius 3 is 2.27 bits per heavy atom. The van der Waals surface area contributed by atoms with Gasteiger partial charge >= 0.3 is 6.03 Å². The summed E-state index contributed by atoms with van der Waals surface area (Å²) in [5, 5.41) is 2.90. The third-order valence-electron chi connectivity index (χ3n) is 5.23. The number of amides is 2. The predicted octanol–water partition coefficient (Wildman–Crippen LogP) is 1.93. The Balaban J connectivity index is 2.03. The van der Waals surface area contributed by atoms with Crippen molar-refractivity contribution in [3.63, 3.8) is 0 Å². The van der Waals surface area contributed by atoms with E-state index >= 15 is 0 Å². The van der Waals surface area contributed by atoms with Crippen LogP contribution in [-0.2, 0) is 16.4 Å². The number of benzene rings is 1. The number of carbonyl (C=O) groups excluding carboxylic acids is 1. The fraction of sp³-hybridized carbons (Fsp3) is 0.562. The van der Waals surface area contributed by atoms with Crippen LogP contribution >= 0.6 is 0 Å². The van der Waals surface area contributed by atoms with Crippen LogP contribution in [0, 0.1) is 0 Å². The maximum absolute atomic E-state index is 12.9. The Kier molecular flexibility index (Phi) is 3.12. The van der Waals surface area contributed by atoms with Gasteiger partial charge in [0.1, 0.15) is 0 Å². The van der Waals surface area contributed by atoms with Gasteiger partial charge in [0.05, 0.1) is 21.6 Å². The highest BCUT2D eigenvalue weighted by Crippen LogP contribution is 2.49. The average molecular weight is 322 g/mol. The maximum Gasteiger partial charge on any atom is 0.318 e. The van der Waals surface area contributed by atoms with Gasteiger partial charge in [0.25, 0.3) is 0 Å². The summed E-state index contributed by atoms with van der Waals surface area (Å²) < 4.78 is 23.8. The quantitative estimate of drug-likeness (QED) is 0.846. The number of urea groups is 1. The van der Waals surface area contributed by atoms with Crippen molar-refractivity contribution in [2.24, 2.45) is 0 Å². The number of nitrogens with zero attached hydrogens (tertiary/aromatic N) is 1. The number of fused-ring (bicyclic) bond motifs is 1. The summed E-state index contributed by atoms with van der Waals surface area (Å²) in [4.78, 5) is 14.1. The molecular weight excluding hydrogens is 300 g/mol. The first-order valence-corrected chi connectivity index (χ1v) is 8.94. The van der Waals surface area contributed by atoms with E-state index in [1.807, 2.05) is 30.3 Å². The lowest BCUT2D eigenvalue weighted by atomic mass is 9.89. The van der Waals surface area contributed by atoms with Crippen molar-refractivity contribution in [3.8, 4) is 0 Å². The molecular formula is C16H22N2O3S. The summed E-state index contributed by atoms with van der Waals surface area (Å²) in [5.74, 6) is 0. The summed E-state index contributed by atoms with van der Waals surface area (Å²) >= 11 is 0. The van der Waals surface area contributed by atoms with E-state index in [1.54, 1.807) is 32.6 Å². The molecule has 2 heterocycles. The van der Waals surface area contributed by atoms with Crippen LogP contribution in [0.2, 0.25) is 0 Å². The number of rotatable bonds is 2. The van der Waals surface area contributed by atoms with Crippen molar-refractivity contribution < 1.29 is 13.2 Å². The van der Waals surface area contributed by atoms with E-state index < -0.39 is 19.3 Å². The van der Waals surface area contributed by atoms with E-state index in [0.29, 0.717) is 6.54 Å². The second kappa shape index (κ2) is 4.47. The SMILES string of the molecule is CC1(C)[C@H]2NC(=O)N(Cc3ccccc3)[C@H]2C(C)(C)S1(=O)=O. The summed E-state index contributed by atoms with van der Waals surface area (Å²) in [7, 11) is -3.37. The number of hydrogen-bond donors (Lipinski definition) is 1. The zero-order valence-electron chi connectivity index (χ0n) is 13.3. The minimum Gasteiger partial charge on any atom is -0.332 e. The molecule has 2 atom stereocenters. The molecule has 6 heteroatoms. The van der Waals surface area contributed by atoms with E-state index in [1.165, 1.54) is 0 Å². The van der Waals surface area contributed by atoms with Crippen molar-refractivity contribution in [1.82, 2.24) is 10.2 Å². The van der Waals surface area contributed by atoms with Gasteiger partial charge in [0.2, 0.25) is 0 Å². The first kappa shape index (κ1) is 15.3. The zero-order valence-corrected chi connectivity index (χ0v) is 14.1. The molecule has 2 amide bonds. The monoisotopic (exact) mass is 322 g/mol. The summed E-state index contributed by atoms with van der Waals surface area (Å²) in [6, 6.07) is 8.72. The number of sulfone groups is 1. The second-order valence-corrected chi connectivity index (χ2v) is 10.3. The number of hydrogen-bond acceptors (Lipinski definition) is 3. The highest BCUT2D eigenvalue weighted by molar-refractivity contribution is 7.94. The summed E-state index contributed by atoms with van der Waals surface area (Å²) in [6.45, 7) is 7.30. The first-order chi connectivity index (χ1) is 10.1. The van der Waals surface area contributed by atoms with Crippen LogP contribution in [0.5, 0.6) is 0 Å². The van der Waals surface area contributed by atoms with E-state index in [2.05, 4.69) is 5.32 Å². The van der Waals surface area contributed by atoms with Gasteiger partial charge in [0, 0.05) is 6.54 Å². The Morgan fingerprint density at radius 1 is 1.09 bits per heavy atom. The molecule has 1 aromatic rings. The smallest absolute Gasteiger partial charge is 0.318 e. The molecule has 22 heavy (non-hydrogen) atoms. The molecule has 2 saturated heterocycles. The minimum atomic E-state index is -3.37. The Hall–Kier alpha value is -1.56. The Morgan fingerprint density at radius 2 is 1.68 bits per heavy atom. The van der Waals surface area contributed by atoms with Gasteiger partial charge in [-0.15, -0.1) is 0 Å². The van der Waals surface area contributed by atoms with Gasteiger partial charge in [-0.25, -0.2) is 13.2 Å². The van der Waals surface area contributed by atoms with Gasteiger partial charge in [-0.1, -0.05) is 30.3 Å². The van der Waals surface area contributed by atoms with Crippen LogP contribution in [0.15, 0.2) is 30.3 Å². The molecule has 120 valence electrons. The second-order valence-electron chi connectivity index (χ2n) is 7.20. The van der Waals surface area contributed by atoms with Crippen LogP contribution < -0.4 is 5.32 Å². The molecule has 0 saturated carbocycles. The average Bonchev–Trinajstić information content (AvgIpc) is 2.81. The van der Waals surface area contributed by atoms with E-state index in [0.717, 1.165) is 5.56 Å². The molecule has 3 rings (SSSR count). The summed E-state index contributed by atoms with van der Waals surface area (Å²) in [5.41, 5.74) is 0.996. The molecule has 0 unspecified atom stereocenters. The Labute approximate surface area is 131 Å². The largest absolute Gasteiger partial charge is 0.332 e. The molecule has 0 spiro atoms. The highest BCUT2D eigenvalue weighted by Gasteiger charge is 2.69. The molecule has 1 aromatic carbocycles. The van der Waals surface area contributed by atoms with Gasteiger partial charge < -0.3 is 10.2 Å². The number of carbonyl (C=O) groups is 1. The van der Waals surface area contributed by atoms with Crippen molar-refractivity contribution in [2.45, 2.75) is 55.8 Å². The van der Waals surface area contributed by atoms with Crippen LogP contribution in [0.1, 0.15) is 33.3 Å². The normalized spacial score (nSPS) is 30.9. The maximum atomic E-state index is 12.9. The van der Waals surface area contributed by atoms with Crippen LogP contribution in [0.3, 0.4) is 0 Å². The van der Waals surface area contributed by atoms with Crippen LogP contribution in [0.25, 0.3) is 0 Å². The summed E-state index contributed by atoms with van der Waals surface area (Å²) in [6.07, 6.45) is 0. The highest BCUT2D eigenvalue weighted by atomic mass is 32.2. The van der Waals surface area contributed by atoms with Crippen molar-refractivity contribution in [2.75, 3.05) is 0 Å². The minimum absolute atomic E-state index is 0.185. The molecule has 1 N–H and O–H groups in total. The lowest BCUT2D eigenvalue weighted by Crippen LogP contribution is -2.49. The van der Waals surface area contributed by atoms with Gasteiger partial charge in [0.15, 0.2) is 9.84 Å². The van der Waals surface area contributed by atoms with Crippen molar-refractivity contribution in [3.05, 3.63) is 35.9 Å². The lowest BCUT2D eigenvalue weighted by Gasteiger charge is -2.32. The number of nitrogens with one attached hydrogen (secondary N) is 1. The standard InChI is InChI=1S/C16H22N2O3S/c1-15(2)12-13(16(3,4)22(15,20)21)18(14(19)17-12)10-11-8-6-5-7-9-11/h5-9,12-13H,10H2,1-4H3,(H,17,19)/t12-,13+/m0/s1. The van der Waals surface area contributed by atoms with Crippen molar-refractivity contribution in [1.29, 1.82) is 0 Å². The fourth-order valence-corrected chi connectivity index (χ4v) is 6.35. The molecule has 0 aliphatic carbocycles. The van der Waals surface area contributed by atoms with Crippen LogP contribution in [0.4, 0.5) is 4.79 Å². The molecule has 0 radical (unpaired) electrons. The first-order valence-electron chi connectivity index (χ1n) is 7.46. The van der Waals surface area contributed by atoms with Gasteiger partial charge in [-0.2, -0.15) is 0 Å².